The molecule has 1 aliphatic heterocycles. The normalized spacial score (nSPS) is 15.6. The summed E-state index contributed by atoms with van der Waals surface area (Å²) >= 11 is 0. The molecule has 1 atom stereocenters. The van der Waals surface area contributed by atoms with E-state index in [1.807, 2.05) is 12.1 Å². The lowest BCUT2D eigenvalue weighted by Gasteiger charge is -2.34. The lowest BCUT2D eigenvalue weighted by atomic mass is 10.1. The molecule has 1 fully saturated rings. The number of aliphatic hydroxyl groups excluding tert-OH is 1. The van der Waals surface area contributed by atoms with E-state index in [9.17, 15) is 14.3 Å². The molecule has 2 aromatic rings. The molecule has 1 heterocycles. The quantitative estimate of drug-likeness (QED) is 0.636. The second kappa shape index (κ2) is 12.0. The van der Waals surface area contributed by atoms with E-state index in [4.69, 9.17) is 25.1 Å². The van der Waals surface area contributed by atoms with Crippen LogP contribution in [0, 0.1) is 5.82 Å². The summed E-state index contributed by atoms with van der Waals surface area (Å²) in [4.78, 5) is 23.2. The molecule has 8 nitrogen and oxygen atoms in total. The van der Waals surface area contributed by atoms with Crippen molar-refractivity contribution in [3.63, 3.8) is 0 Å². The summed E-state index contributed by atoms with van der Waals surface area (Å²) in [5.41, 5.74) is 6.55. The van der Waals surface area contributed by atoms with E-state index < -0.39 is 23.7 Å². The molecule has 31 heavy (non-hydrogen) atoms. The van der Waals surface area contributed by atoms with Gasteiger partial charge in [0.05, 0.1) is 31.4 Å². The number of ether oxygens (including phenoxy) is 2. The zero-order chi connectivity index (χ0) is 22.8. The van der Waals surface area contributed by atoms with E-state index in [0.717, 1.165) is 18.9 Å². The van der Waals surface area contributed by atoms with Crippen molar-refractivity contribution in [3.8, 4) is 11.5 Å². The van der Waals surface area contributed by atoms with E-state index in [2.05, 4.69) is 0 Å². The maximum atomic E-state index is 14.3. The molecule has 0 aromatic heterocycles. The molecular weight excluding hydrogens is 407 g/mol. The van der Waals surface area contributed by atoms with Gasteiger partial charge in [-0.2, -0.15) is 0 Å². The van der Waals surface area contributed by atoms with Crippen LogP contribution in [0.25, 0.3) is 0 Å². The van der Waals surface area contributed by atoms with Gasteiger partial charge in [0.1, 0.15) is 17.3 Å². The number of nitrogens with zero attached hydrogens (tertiary/aromatic N) is 1. The number of carbonyl (C=O) groups excluding carboxylic acids is 1. The number of benzene rings is 2. The van der Waals surface area contributed by atoms with Crippen LogP contribution in [0.1, 0.15) is 22.8 Å². The Bertz CT molecular complexity index is 871. The molecule has 0 spiro atoms. The highest BCUT2D eigenvalue weighted by molar-refractivity contribution is 5.95. The molecule has 4 N–H and O–H groups in total. The highest BCUT2D eigenvalue weighted by Crippen LogP contribution is 2.25. The maximum Gasteiger partial charge on any atom is 0.300 e. The van der Waals surface area contributed by atoms with Gasteiger partial charge >= 0.3 is 0 Å². The van der Waals surface area contributed by atoms with Crippen molar-refractivity contribution >= 4 is 11.9 Å². The molecule has 1 aliphatic rings. The number of amides is 1. The number of halogens is 1. The number of hydrogen-bond acceptors (Lipinski definition) is 6. The van der Waals surface area contributed by atoms with Crippen molar-refractivity contribution in [2.45, 2.75) is 19.4 Å². The average molecular weight is 434 g/mol. The van der Waals surface area contributed by atoms with Crippen LogP contribution in [-0.2, 0) is 16.0 Å². The van der Waals surface area contributed by atoms with Gasteiger partial charge in [0.15, 0.2) is 0 Å². The summed E-state index contributed by atoms with van der Waals surface area (Å²) in [6.07, 6.45) is 0.779. The average Bonchev–Trinajstić information content (AvgIpc) is 2.76. The first kappa shape index (κ1) is 24.3. The Balaban J connectivity index is 0.000000785. The molecule has 0 saturated carbocycles. The molecule has 1 saturated heterocycles. The van der Waals surface area contributed by atoms with Gasteiger partial charge in [-0.15, -0.1) is 0 Å². The van der Waals surface area contributed by atoms with Crippen molar-refractivity contribution in [1.82, 2.24) is 4.90 Å². The number of nitrogens with two attached hydrogens (primary N) is 1. The van der Waals surface area contributed by atoms with Crippen molar-refractivity contribution in [2.24, 2.45) is 5.73 Å². The first-order valence-corrected chi connectivity index (χ1v) is 9.81. The Morgan fingerprint density at radius 2 is 1.87 bits per heavy atom. The van der Waals surface area contributed by atoms with Gasteiger partial charge in [0, 0.05) is 13.5 Å². The molecule has 1 amide bonds. The molecule has 3 rings (SSSR count). The van der Waals surface area contributed by atoms with Crippen molar-refractivity contribution < 1.29 is 33.7 Å². The van der Waals surface area contributed by atoms with Crippen LogP contribution >= 0.6 is 0 Å². The number of rotatable bonds is 6. The van der Waals surface area contributed by atoms with Crippen LogP contribution in [0.5, 0.6) is 11.5 Å². The van der Waals surface area contributed by atoms with Crippen molar-refractivity contribution in [1.29, 1.82) is 0 Å². The Hall–Kier alpha value is -3.01. The SMILES string of the molecule is CC(=O)O.NCCc1ccc(Oc2ccc(F)c(C(=O)N3CCOCC3CO)c2)cc1. The zero-order valence-electron chi connectivity index (χ0n) is 17.3. The summed E-state index contributed by atoms with van der Waals surface area (Å²) in [5.74, 6) is -1.01. The molecule has 9 heteroatoms. The highest BCUT2D eigenvalue weighted by atomic mass is 19.1. The van der Waals surface area contributed by atoms with Gasteiger partial charge in [0.25, 0.3) is 11.9 Å². The summed E-state index contributed by atoms with van der Waals surface area (Å²) in [6.45, 7) is 2.31. The standard InChI is InChI=1S/C20H23FN2O4.C2H4O2/c21-19-6-5-17(27-16-3-1-14(2-4-16)7-8-22)11-18(19)20(25)23-9-10-26-13-15(23)12-24;1-2(3)4/h1-6,11,15,24H,7-10,12-13,22H2;1H3,(H,3,4). The number of hydrogen-bond donors (Lipinski definition) is 3. The Morgan fingerprint density at radius 3 is 2.48 bits per heavy atom. The van der Waals surface area contributed by atoms with E-state index in [1.165, 1.54) is 23.1 Å². The van der Waals surface area contributed by atoms with Gasteiger partial charge in [-0.3, -0.25) is 9.59 Å². The minimum Gasteiger partial charge on any atom is -0.481 e. The summed E-state index contributed by atoms with van der Waals surface area (Å²) in [7, 11) is 0. The van der Waals surface area contributed by atoms with Crippen molar-refractivity contribution in [2.75, 3.05) is 32.9 Å². The topological polar surface area (TPSA) is 122 Å². The van der Waals surface area contributed by atoms with Crippen LogP contribution < -0.4 is 10.5 Å². The molecule has 2 aromatic carbocycles. The zero-order valence-corrected chi connectivity index (χ0v) is 17.3. The lowest BCUT2D eigenvalue weighted by Crippen LogP contribution is -2.50. The maximum absolute atomic E-state index is 14.3. The van der Waals surface area contributed by atoms with Crippen LogP contribution in [0.2, 0.25) is 0 Å². The highest BCUT2D eigenvalue weighted by Gasteiger charge is 2.29. The monoisotopic (exact) mass is 434 g/mol. The molecule has 0 aliphatic carbocycles. The number of carbonyl (C=O) groups is 2. The third kappa shape index (κ3) is 7.32. The third-order valence-corrected chi connectivity index (χ3v) is 4.46. The van der Waals surface area contributed by atoms with Crippen molar-refractivity contribution in [3.05, 3.63) is 59.4 Å². The van der Waals surface area contributed by atoms with Crippen LogP contribution in [0.3, 0.4) is 0 Å². The number of aliphatic hydroxyl groups is 1. The minimum absolute atomic E-state index is 0.0902. The van der Waals surface area contributed by atoms with E-state index in [0.29, 0.717) is 31.2 Å². The van der Waals surface area contributed by atoms with E-state index in [-0.39, 0.29) is 18.8 Å². The summed E-state index contributed by atoms with van der Waals surface area (Å²) in [6, 6.07) is 11.0. The first-order chi connectivity index (χ1) is 14.8. The summed E-state index contributed by atoms with van der Waals surface area (Å²) < 4.78 is 25.3. The van der Waals surface area contributed by atoms with Crippen LogP contribution in [-0.4, -0.2) is 65.9 Å². The minimum atomic E-state index is -0.833. The summed E-state index contributed by atoms with van der Waals surface area (Å²) in [5, 5.41) is 16.9. The smallest absolute Gasteiger partial charge is 0.300 e. The predicted molar refractivity (Wildman–Crippen MR) is 112 cm³/mol. The molecule has 168 valence electrons. The Labute approximate surface area is 180 Å². The van der Waals surface area contributed by atoms with Gasteiger partial charge in [-0.25, -0.2) is 4.39 Å². The van der Waals surface area contributed by atoms with E-state index >= 15 is 0 Å². The Kier molecular flexibility index (Phi) is 9.39. The van der Waals surface area contributed by atoms with Gasteiger partial charge in [-0.05, 0) is 48.9 Å². The predicted octanol–water partition coefficient (Wildman–Crippen LogP) is 2.04. The molecular formula is C22H27FN2O6. The van der Waals surface area contributed by atoms with Crippen LogP contribution in [0.15, 0.2) is 42.5 Å². The lowest BCUT2D eigenvalue weighted by molar-refractivity contribution is -0.134. The van der Waals surface area contributed by atoms with Gasteiger partial charge < -0.3 is 30.3 Å². The van der Waals surface area contributed by atoms with Crippen LogP contribution in [0.4, 0.5) is 4.39 Å². The second-order valence-corrected chi connectivity index (χ2v) is 6.86. The molecule has 0 bridgehead atoms. The first-order valence-electron chi connectivity index (χ1n) is 9.81. The fraction of sp³-hybridized carbons (Fsp3) is 0.364. The molecule has 0 radical (unpaired) electrons. The van der Waals surface area contributed by atoms with Gasteiger partial charge in [0.2, 0.25) is 0 Å². The Morgan fingerprint density at radius 1 is 1.23 bits per heavy atom. The number of morpholine rings is 1. The number of aliphatic carboxylic acids is 1. The fourth-order valence-electron chi connectivity index (χ4n) is 2.99. The largest absolute Gasteiger partial charge is 0.481 e. The number of carboxylic acids is 1. The van der Waals surface area contributed by atoms with E-state index in [1.54, 1.807) is 12.1 Å². The van der Waals surface area contributed by atoms with Gasteiger partial charge in [-0.1, -0.05) is 12.1 Å². The number of carboxylic acid groups (broad SMARTS) is 1. The molecule has 1 unspecified atom stereocenters. The third-order valence-electron chi connectivity index (χ3n) is 4.46. The fourth-order valence-corrected chi connectivity index (χ4v) is 2.99. The second-order valence-electron chi connectivity index (χ2n) is 6.86.